The number of carboxylic acid groups (broad SMARTS) is 1. The first kappa shape index (κ1) is 19.9. The number of carbonyl (C=O) groups is 3. The maximum atomic E-state index is 12.9. The van der Waals surface area contributed by atoms with E-state index in [-0.39, 0.29) is 32.0 Å². The smallest absolute Gasteiger partial charge is 0.329 e. The summed E-state index contributed by atoms with van der Waals surface area (Å²) in [5.41, 5.74) is -0.662. The summed E-state index contributed by atoms with van der Waals surface area (Å²) in [6.45, 7) is 2.79. The number of piperazine rings is 1. The van der Waals surface area contributed by atoms with Crippen molar-refractivity contribution in [2.75, 3.05) is 38.3 Å². The van der Waals surface area contributed by atoms with Crippen LogP contribution in [0.15, 0.2) is 24.3 Å². The van der Waals surface area contributed by atoms with Gasteiger partial charge in [0.25, 0.3) is 0 Å². The highest BCUT2D eigenvalue weighted by Gasteiger charge is 2.44. The molecule has 9 nitrogen and oxygen atoms in total. The maximum absolute atomic E-state index is 12.9. The quantitative estimate of drug-likeness (QED) is 0.795. The number of rotatable bonds is 4. The van der Waals surface area contributed by atoms with E-state index in [2.05, 4.69) is 5.32 Å². The lowest BCUT2D eigenvalue weighted by Crippen LogP contribution is -2.65. The minimum absolute atomic E-state index is 0.195. The van der Waals surface area contributed by atoms with Crippen molar-refractivity contribution in [1.82, 2.24) is 10.2 Å². The van der Waals surface area contributed by atoms with E-state index in [1.165, 1.54) is 4.90 Å². The predicted octanol–water partition coefficient (Wildman–Crippen LogP) is 1.08. The first-order chi connectivity index (χ1) is 13.4. The van der Waals surface area contributed by atoms with Crippen LogP contribution in [0.25, 0.3) is 0 Å². The van der Waals surface area contributed by atoms with Crippen molar-refractivity contribution in [2.24, 2.45) is 0 Å². The Morgan fingerprint density at radius 1 is 1.29 bits per heavy atom. The number of aliphatic carboxylic acids is 1. The van der Waals surface area contributed by atoms with Gasteiger partial charge in [0.1, 0.15) is 17.3 Å². The highest BCUT2D eigenvalue weighted by atomic mass is 16.5. The molecule has 0 spiro atoms. The lowest BCUT2D eigenvalue weighted by molar-refractivity contribution is -0.148. The van der Waals surface area contributed by atoms with Crippen LogP contribution < -0.4 is 15.0 Å². The van der Waals surface area contributed by atoms with Gasteiger partial charge in [-0.25, -0.2) is 9.59 Å². The standard InChI is InChI=1S/C19H25N3O6/c1-13-16(23)22(14-4-3-5-15(12-14)27-2)9-8-21(13)18(26)20-19(17(24)25)6-10-28-11-7-19/h3-5,12-13H,6-11H2,1-2H3,(H,20,26)(H,24,25). The summed E-state index contributed by atoms with van der Waals surface area (Å²) in [6, 6.07) is 5.90. The molecule has 2 N–H and O–H groups in total. The lowest BCUT2D eigenvalue weighted by atomic mass is 9.90. The third-order valence-corrected chi connectivity index (χ3v) is 5.38. The van der Waals surface area contributed by atoms with Crippen LogP contribution in [0.3, 0.4) is 0 Å². The van der Waals surface area contributed by atoms with Crippen LogP contribution in [-0.4, -0.2) is 72.9 Å². The van der Waals surface area contributed by atoms with Crippen molar-refractivity contribution in [2.45, 2.75) is 31.3 Å². The molecule has 2 aliphatic heterocycles. The Labute approximate surface area is 163 Å². The highest BCUT2D eigenvalue weighted by Crippen LogP contribution is 2.26. The molecule has 0 radical (unpaired) electrons. The number of amides is 3. The molecule has 0 saturated carbocycles. The number of nitrogens with one attached hydrogen (secondary N) is 1. The summed E-state index contributed by atoms with van der Waals surface area (Å²) >= 11 is 0. The van der Waals surface area contributed by atoms with Gasteiger partial charge in [-0.1, -0.05) is 6.07 Å². The number of ether oxygens (including phenoxy) is 2. The van der Waals surface area contributed by atoms with E-state index in [4.69, 9.17) is 9.47 Å². The second-order valence-corrected chi connectivity index (χ2v) is 6.99. The van der Waals surface area contributed by atoms with Crippen molar-refractivity contribution in [1.29, 1.82) is 0 Å². The molecule has 3 amide bonds. The first-order valence-electron chi connectivity index (χ1n) is 9.23. The molecule has 1 aromatic rings. The van der Waals surface area contributed by atoms with Gasteiger partial charge in [0.15, 0.2) is 0 Å². The molecular formula is C19H25N3O6. The maximum Gasteiger partial charge on any atom is 0.329 e. The van der Waals surface area contributed by atoms with Gasteiger partial charge in [0, 0.05) is 50.9 Å². The van der Waals surface area contributed by atoms with E-state index in [1.807, 2.05) is 6.07 Å². The van der Waals surface area contributed by atoms with Crippen molar-refractivity contribution in [3.05, 3.63) is 24.3 Å². The Hall–Kier alpha value is -2.81. The van der Waals surface area contributed by atoms with Crippen molar-refractivity contribution < 1.29 is 29.0 Å². The average Bonchev–Trinajstić information content (AvgIpc) is 2.70. The molecule has 2 aliphatic rings. The Morgan fingerprint density at radius 2 is 2.00 bits per heavy atom. The Morgan fingerprint density at radius 3 is 2.64 bits per heavy atom. The average molecular weight is 391 g/mol. The molecule has 1 aromatic carbocycles. The molecule has 28 heavy (non-hydrogen) atoms. The number of urea groups is 1. The van der Waals surface area contributed by atoms with Crippen LogP contribution in [0.4, 0.5) is 10.5 Å². The summed E-state index contributed by atoms with van der Waals surface area (Å²) in [6.07, 6.45) is 0.389. The molecule has 152 valence electrons. The lowest BCUT2D eigenvalue weighted by Gasteiger charge is -2.41. The third-order valence-electron chi connectivity index (χ3n) is 5.38. The molecule has 3 rings (SSSR count). The zero-order chi connectivity index (χ0) is 20.3. The number of carbonyl (C=O) groups excluding carboxylic acids is 2. The molecule has 1 atom stereocenters. The molecule has 9 heteroatoms. The molecule has 0 bridgehead atoms. The fourth-order valence-electron chi connectivity index (χ4n) is 3.57. The summed E-state index contributed by atoms with van der Waals surface area (Å²) in [4.78, 5) is 40.4. The molecule has 0 aromatic heterocycles. The fraction of sp³-hybridized carbons (Fsp3) is 0.526. The minimum Gasteiger partial charge on any atom is -0.497 e. The second kappa shape index (κ2) is 8.05. The highest BCUT2D eigenvalue weighted by molar-refractivity contribution is 6.00. The molecule has 2 fully saturated rings. The second-order valence-electron chi connectivity index (χ2n) is 6.99. The van der Waals surface area contributed by atoms with E-state index >= 15 is 0 Å². The first-order valence-corrected chi connectivity index (χ1v) is 9.23. The van der Waals surface area contributed by atoms with Crippen molar-refractivity contribution >= 4 is 23.6 Å². The number of anilines is 1. The monoisotopic (exact) mass is 391 g/mol. The van der Waals surface area contributed by atoms with E-state index < -0.39 is 23.6 Å². The number of methoxy groups -OCH3 is 1. The minimum atomic E-state index is -1.36. The summed E-state index contributed by atoms with van der Waals surface area (Å²) in [5, 5.41) is 12.3. The van der Waals surface area contributed by atoms with Gasteiger partial charge in [-0.2, -0.15) is 0 Å². The number of benzene rings is 1. The van der Waals surface area contributed by atoms with Gasteiger partial charge >= 0.3 is 12.0 Å². The van der Waals surface area contributed by atoms with Crippen LogP contribution >= 0.6 is 0 Å². The van der Waals surface area contributed by atoms with Crippen LogP contribution in [0, 0.1) is 0 Å². The van der Waals surface area contributed by atoms with Gasteiger partial charge in [0.05, 0.1) is 7.11 Å². The van der Waals surface area contributed by atoms with Crippen molar-refractivity contribution in [3.8, 4) is 5.75 Å². The van der Waals surface area contributed by atoms with Gasteiger partial charge in [-0.15, -0.1) is 0 Å². The van der Waals surface area contributed by atoms with E-state index in [0.29, 0.717) is 24.5 Å². The van der Waals surface area contributed by atoms with E-state index in [0.717, 1.165) is 0 Å². The number of hydrogen-bond acceptors (Lipinski definition) is 5. The SMILES string of the molecule is COc1cccc(N2CCN(C(=O)NC3(C(=O)O)CCOCC3)C(C)C2=O)c1. The van der Waals surface area contributed by atoms with Crippen molar-refractivity contribution in [3.63, 3.8) is 0 Å². The van der Waals surface area contributed by atoms with Crippen LogP contribution in [0.5, 0.6) is 5.75 Å². The number of nitrogens with zero attached hydrogens (tertiary/aromatic N) is 2. The summed E-state index contributed by atoms with van der Waals surface area (Å²) in [5.74, 6) is -0.676. The molecular weight excluding hydrogens is 366 g/mol. The topological polar surface area (TPSA) is 108 Å². The zero-order valence-electron chi connectivity index (χ0n) is 16.0. The van der Waals surface area contributed by atoms with E-state index in [1.54, 1.807) is 37.1 Å². The van der Waals surface area contributed by atoms with Gasteiger partial charge in [-0.3, -0.25) is 4.79 Å². The summed E-state index contributed by atoms with van der Waals surface area (Å²) in [7, 11) is 1.56. The predicted molar refractivity (Wildman–Crippen MR) is 100 cm³/mol. The Balaban J connectivity index is 1.72. The van der Waals surface area contributed by atoms with Crippen LogP contribution in [0.1, 0.15) is 19.8 Å². The van der Waals surface area contributed by atoms with Crippen LogP contribution in [-0.2, 0) is 14.3 Å². The summed E-state index contributed by atoms with van der Waals surface area (Å²) < 4.78 is 10.4. The third kappa shape index (κ3) is 3.75. The zero-order valence-corrected chi connectivity index (χ0v) is 16.0. The fourth-order valence-corrected chi connectivity index (χ4v) is 3.57. The van der Waals surface area contributed by atoms with Gasteiger partial charge < -0.3 is 29.7 Å². The Bertz CT molecular complexity index is 762. The molecule has 2 saturated heterocycles. The number of hydrogen-bond donors (Lipinski definition) is 2. The van der Waals surface area contributed by atoms with Gasteiger partial charge in [-0.05, 0) is 19.1 Å². The Kier molecular flexibility index (Phi) is 5.73. The number of carboxylic acids is 1. The molecule has 0 aliphatic carbocycles. The normalized spacial score (nSPS) is 21.9. The van der Waals surface area contributed by atoms with Crippen LogP contribution in [0.2, 0.25) is 0 Å². The van der Waals surface area contributed by atoms with Gasteiger partial charge in [0.2, 0.25) is 5.91 Å². The molecule has 2 heterocycles. The largest absolute Gasteiger partial charge is 0.497 e. The van der Waals surface area contributed by atoms with E-state index in [9.17, 15) is 19.5 Å². The molecule has 1 unspecified atom stereocenters.